The second-order valence-electron chi connectivity index (χ2n) is 3.31. The molecule has 0 aliphatic carbocycles. The first-order chi connectivity index (χ1) is 8.85. The number of amides is 3. The Hall–Kier alpha value is -1.84. The van der Waals surface area contributed by atoms with Gasteiger partial charge in [0.05, 0.1) is 11.4 Å². The van der Waals surface area contributed by atoms with E-state index >= 15 is 0 Å². The predicted octanol–water partition coefficient (Wildman–Crippen LogP) is -0.682. The van der Waals surface area contributed by atoms with E-state index in [0.717, 1.165) is 0 Å². The molecule has 0 unspecified atom stereocenters. The van der Waals surface area contributed by atoms with Crippen molar-refractivity contribution >= 4 is 33.6 Å². The Morgan fingerprint density at radius 3 is 2.32 bits per heavy atom. The highest BCUT2D eigenvalue weighted by Crippen LogP contribution is 2.13. The van der Waals surface area contributed by atoms with Crippen LogP contribution in [0, 0.1) is 0 Å². The third-order valence-corrected chi connectivity index (χ3v) is 3.52. The van der Waals surface area contributed by atoms with Gasteiger partial charge in [0.1, 0.15) is 0 Å². The van der Waals surface area contributed by atoms with Crippen molar-refractivity contribution in [2.45, 2.75) is 4.90 Å². The summed E-state index contributed by atoms with van der Waals surface area (Å²) in [6, 6.07) is 4.18. The number of halogens is 1. The van der Waals surface area contributed by atoms with Gasteiger partial charge in [-0.1, -0.05) is 11.6 Å². The van der Waals surface area contributed by atoms with E-state index in [1.165, 1.54) is 24.3 Å². The molecule has 1 aromatic carbocycles. The number of rotatable bonds is 4. The molecule has 1 aromatic rings. The summed E-state index contributed by atoms with van der Waals surface area (Å²) >= 11 is 5.62. The number of hydrazine groups is 1. The number of carbonyl (C=O) groups is 2. The number of hydrogen-bond acceptors (Lipinski definition) is 5. The van der Waals surface area contributed by atoms with Crippen molar-refractivity contribution in [2.75, 3.05) is 6.54 Å². The molecule has 0 fully saturated rings. The fourth-order valence-corrected chi connectivity index (χ4v) is 2.10. The zero-order valence-electron chi connectivity index (χ0n) is 9.51. The Morgan fingerprint density at radius 1 is 1.21 bits per heavy atom. The number of carbonyl (C=O) groups excluding carboxylic acids is 2. The molecule has 0 heterocycles. The summed E-state index contributed by atoms with van der Waals surface area (Å²) < 4.78 is 25.2. The van der Waals surface area contributed by atoms with Crippen LogP contribution in [0.3, 0.4) is 0 Å². The summed E-state index contributed by atoms with van der Waals surface area (Å²) in [6.07, 6.45) is 0. The minimum Gasteiger partial charge on any atom is -0.328 e. The lowest BCUT2D eigenvalue weighted by molar-refractivity contribution is -0.120. The molecule has 0 aliphatic heterocycles. The third-order valence-electron chi connectivity index (χ3n) is 1.92. The number of nitrogens with one attached hydrogen (secondary N) is 3. The molecule has 0 aliphatic rings. The van der Waals surface area contributed by atoms with Gasteiger partial charge in [-0.05, 0) is 24.3 Å². The Morgan fingerprint density at radius 2 is 1.79 bits per heavy atom. The van der Waals surface area contributed by atoms with Crippen LogP contribution in [-0.2, 0) is 14.8 Å². The molecule has 0 saturated carbocycles. The van der Waals surface area contributed by atoms with Crippen molar-refractivity contribution in [2.24, 2.45) is 5.84 Å². The monoisotopic (exact) mass is 306 g/mol. The van der Waals surface area contributed by atoms with Crippen LogP contribution in [0.2, 0.25) is 5.02 Å². The van der Waals surface area contributed by atoms with E-state index in [1.807, 2.05) is 5.32 Å². The van der Waals surface area contributed by atoms with Crippen LogP contribution in [0.1, 0.15) is 0 Å². The SMILES string of the molecule is NNC(=O)CNC(=O)NS(=O)(=O)c1ccc(Cl)cc1. The van der Waals surface area contributed by atoms with Gasteiger partial charge in [-0.25, -0.2) is 23.8 Å². The van der Waals surface area contributed by atoms with Gasteiger partial charge < -0.3 is 5.32 Å². The van der Waals surface area contributed by atoms with Crippen LogP contribution in [0.4, 0.5) is 4.79 Å². The van der Waals surface area contributed by atoms with Crippen molar-refractivity contribution in [1.82, 2.24) is 15.5 Å². The second-order valence-corrected chi connectivity index (χ2v) is 5.43. The summed E-state index contributed by atoms with van der Waals surface area (Å²) in [5.74, 6) is 4.12. The molecule has 0 saturated heterocycles. The molecule has 0 aromatic heterocycles. The van der Waals surface area contributed by atoms with E-state index in [0.29, 0.717) is 5.02 Å². The molecule has 5 N–H and O–H groups in total. The van der Waals surface area contributed by atoms with Gasteiger partial charge in [0.2, 0.25) is 0 Å². The molecule has 19 heavy (non-hydrogen) atoms. The highest BCUT2D eigenvalue weighted by atomic mass is 35.5. The summed E-state index contributed by atoms with van der Waals surface area (Å²) in [4.78, 5) is 21.9. The Bertz CT molecular complexity index is 572. The molecule has 104 valence electrons. The second kappa shape index (κ2) is 6.36. The molecular formula is C9H11ClN4O4S. The fourth-order valence-electron chi connectivity index (χ4n) is 1.04. The zero-order chi connectivity index (χ0) is 14.5. The zero-order valence-corrected chi connectivity index (χ0v) is 11.1. The van der Waals surface area contributed by atoms with Crippen molar-refractivity contribution in [3.05, 3.63) is 29.3 Å². The van der Waals surface area contributed by atoms with E-state index in [2.05, 4.69) is 0 Å². The lowest BCUT2D eigenvalue weighted by atomic mass is 10.4. The van der Waals surface area contributed by atoms with Gasteiger partial charge in [0.15, 0.2) is 0 Å². The molecule has 10 heteroatoms. The van der Waals surface area contributed by atoms with E-state index < -0.39 is 28.5 Å². The number of urea groups is 1. The summed E-state index contributed by atoms with van der Waals surface area (Å²) in [6.45, 7) is -0.446. The fraction of sp³-hybridized carbons (Fsp3) is 0.111. The maximum Gasteiger partial charge on any atom is 0.329 e. The first kappa shape index (κ1) is 15.2. The van der Waals surface area contributed by atoms with Crippen molar-refractivity contribution < 1.29 is 18.0 Å². The van der Waals surface area contributed by atoms with Crippen molar-refractivity contribution in [3.8, 4) is 0 Å². The lowest BCUT2D eigenvalue weighted by Crippen LogP contribution is -2.45. The molecule has 0 spiro atoms. The highest BCUT2D eigenvalue weighted by molar-refractivity contribution is 7.90. The lowest BCUT2D eigenvalue weighted by Gasteiger charge is -2.08. The molecule has 3 amide bonds. The Kier molecular flexibility index (Phi) is 5.10. The molecule has 1 rings (SSSR count). The topological polar surface area (TPSA) is 130 Å². The van der Waals surface area contributed by atoms with Crippen LogP contribution < -0.4 is 21.3 Å². The largest absolute Gasteiger partial charge is 0.329 e. The van der Waals surface area contributed by atoms with Gasteiger partial charge in [0.25, 0.3) is 15.9 Å². The van der Waals surface area contributed by atoms with E-state index in [9.17, 15) is 18.0 Å². The van der Waals surface area contributed by atoms with E-state index in [-0.39, 0.29) is 4.90 Å². The van der Waals surface area contributed by atoms with Gasteiger partial charge in [-0.3, -0.25) is 10.2 Å². The Balaban J connectivity index is 2.67. The average Bonchev–Trinajstić information content (AvgIpc) is 2.36. The van der Waals surface area contributed by atoms with Crippen LogP contribution >= 0.6 is 11.6 Å². The van der Waals surface area contributed by atoms with Crippen molar-refractivity contribution in [3.63, 3.8) is 0 Å². The third kappa shape index (κ3) is 4.73. The molecule has 0 bridgehead atoms. The van der Waals surface area contributed by atoms with Gasteiger partial charge in [-0.2, -0.15) is 0 Å². The minimum absolute atomic E-state index is 0.129. The van der Waals surface area contributed by atoms with Crippen LogP contribution in [0.25, 0.3) is 0 Å². The van der Waals surface area contributed by atoms with Crippen LogP contribution in [0.15, 0.2) is 29.2 Å². The summed E-state index contributed by atoms with van der Waals surface area (Å²) in [5.41, 5.74) is 1.78. The first-order valence-electron chi connectivity index (χ1n) is 4.91. The standard InChI is InChI=1S/C9H11ClN4O4S/c10-6-1-3-7(4-2-6)19(17,18)14-9(16)12-5-8(15)13-11/h1-4H,5,11H2,(H,13,15)(H2,12,14,16). The van der Waals surface area contributed by atoms with Gasteiger partial charge >= 0.3 is 6.03 Å². The number of hydrogen-bond donors (Lipinski definition) is 4. The molecule has 0 atom stereocenters. The normalized spacial score (nSPS) is 10.6. The number of sulfonamides is 1. The van der Waals surface area contributed by atoms with E-state index in [4.69, 9.17) is 17.4 Å². The average molecular weight is 307 g/mol. The van der Waals surface area contributed by atoms with E-state index in [1.54, 1.807) is 10.1 Å². The number of nitrogens with two attached hydrogens (primary N) is 1. The number of benzene rings is 1. The molecule has 8 nitrogen and oxygen atoms in total. The quantitative estimate of drug-likeness (QED) is 0.332. The smallest absolute Gasteiger partial charge is 0.328 e. The minimum atomic E-state index is -4.01. The van der Waals surface area contributed by atoms with Gasteiger partial charge in [0, 0.05) is 5.02 Å². The molecular weight excluding hydrogens is 296 g/mol. The first-order valence-corrected chi connectivity index (χ1v) is 6.77. The summed E-state index contributed by atoms with van der Waals surface area (Å²) in [7, 11) is -4.01. The molecule has 0 radical (unpaired) electrons. The highest BCUT2D eigenvalue weighted by Gasteiger charge is 2.17. The maximum atomic E-state index is 11.7. The maximum absolute atomic E-state index is 11.7. The Labute approximate surface area is 114 Å². The van der Waals surface area contributed by atoms with Crippen LogP contribution in [0.5, 0.6) is 0 Å². The predicted molar refractivity (Wildman–Crippen MR) is 67.5 cm³/mol. The van der Waals surface area contributed by atoms with Gasteiger partial charge in [-0.15, -0.1) is 0 Å². The van der Waals surface area contributed by atoms with Crippen molar-refractivity contribution in [1.29, 1.82) is 0 Å². The summed E-state index contributed by atoms with van der Waals surface area (Å²) in [5, 5.41) is 2.39. The van der Waals surface area contributed by atoms with Crippen LogP contribution in [-0.4, -0.2) is 26.9 Å².